The van der Waals surface area contributed by atoms with Gasteiger partial charge in [-0.1, -0.05) is 11.6 Å². The minimum absolute atomic E-state index is 0.0206. The van der Waals surface area contributed by atoms with Gasteiger partial charge in [-0.15, -0.1) is 0 Å². The van der Waals surface area contributed by atoms with Crippen molar-refractivity contribution in [2.75, 3.05) is 0 Å². The minimum Gasteiger partial charge on any atom is -0.358 e. The maximum Gasteiger partial charge on any atom is 0.408 e. The van der Waals surface area contributed by atoms with E-state index in [1.165, 1.54) is 17.1 Å². The Morgan fingerprint density at radius 1 is 1.29 bits per heavy atom. The van der Waals surface area contributed by atoms with Gasteiger partial charge in [0.25, 0.3) is 5.69 Å². The molecule has 0 amide bonds. The first-order valence-corrected chi connectivity index (χ1v) is 6.16. The summed E-state index contributed by atoms with van der Waals surface area (Å²) in [7, 11) is 0. The fourth-order valence-electron chi connectivity index (χ4n) is 1.95. The van der Waals surface area contributed by atoms with Crippen LogP contribution < -0.4 is 0 Å². The van der Waals surface area contributed by atoms with Gasteiger partial charge in [-0.2, -0.15) is 4.68 Å². The fourth-order valence-corrected chi connectivity index (χ4v) is 2.17. The Bertz CT molecular complexity index is 742. The van der Waals surface area contributed by atoms with Crippen LogP contribution in [0.1, 0.15) is 16.8 Å². The van der Waals surface area contributed by atoms with Crippen molar-refractivity contribution < 1.29 is 9.85 Å². The summed E-state index contributed by atoms with van der Waals surface area (Å²) >= 11 is 5.70. The largest absolute Gasteiger partial charge is 0.408 e. The van der Waals surface area contributed by atoms with Gasteiger partial charge in [0.1, 0.15) is 6.54 Å². The molecule has 0 aliphatic rings. The molecule has 0 spiro atoms. The van der Waals surface area contributed by atoms with Crippen LogP contribution in [-0.4, -0.2) is 24.6 Å². The van der Waals surface area contributed by atoms with Gasteiger partial charge in [-0.3, -0.25) is 15.1 Å². The zero-order valence-electron chi connectivity index (χ0n) is 11.1. The van der Waals surface area contributed by atoms with Crippen LogP contribution in [0.3, 0.4) is 0 Å². The van der Waals surface area contributed by atoms with E-state index < -0.39 is 15.7 Å². The lowest BCUT2D eigenvalue weighted by atomic mass is 10.1. The van der Waals surface area contributed by atoms with Gasteiger partial charge in [-0.05, 0) is 18.8 Å². The zero-order chi connectivity index (χ0) is 15.7. The molecule has 2 aromatic rings. The molecule has 21 heavy (non-hydrogen) atoms. The molecule has 0 unspecified atom stereocenters. The van der Waals surface area contributed by atoms with Gasteiger partial charge in [0.05, 0.1) is 27.5 Å². The Hall–Kier alpha value is -2.55. The highest BCUT2D eigenvalue weighted by atomic mass is 35.5. The quantitative estimate of drug-likeness (QED) is 0.632. The van der Waals surface area contributed by atoms with Crippen molar-refractivity contribution in [2.45, 2.75) is 20.4 Å². The standard InChI is InChI=1S/C11H10ClN5O4/c1-6-3-13-9(7(2)10(6)16(18)19)5-15-4-8(12)11(14-15)17(20)21/h3-4H,5H2,1-2H3. The van der Waals surface area contributed by atoms with Gasteiger partial charge >= 0.3 is 5.82 Å². The summed E-state index contributed by atoms with van der Waals surface area (Å²) in [6, 6.07) is 0. The second-order valence-electron chi connectivity index (χ2n) is 4.37. The summed E-state index contributed by atoms with van der Waals surface area (Å²) in [5, 5.41) is 25.3. The first kappa shape index (κ1) is 14.9. The number of hydrogen-bond donors (Lipinski definition) is 0. The second kappa shape index (κ2) is 5.44. The molecule has 0 saturated heterocycles. The van der Waals surface area contributed by atoms with Crippen LogP contribution in [0.25, 0.3) is 0 Å². The molecule has 0 radical (unpaired) electrons. The van der Waals surface area contributed by atoms with Gasteiger partial charge in [0.15, 0.2) is 5.02 Å². The maximum absolute atomic E-state index is 11.0. The first-order valence-electron chi connectivity index (χ1n) is 5.78. The maximum atomic E-state index is 11.0. The monoisotopic (exact) mass is 311 g/mol. The van der Waals surface area contributed by atoms with Crippen LogP contribution in [-0.2, 0) is 6.54 Å². The molecule has 0 fully saturated rings. The van der Waals surface area contributed by atoms with Gasteiger partial charge in [0.2, 0.25) is 0 Å². The number of hydrogen-bond acceptors (Lipinski definition) is 6. The van der Waals surface area contributed by atoms with E-state index in [4.69, 9.17) is 11.6 Å². The SMILES string of the molecule is Cc1cnc(Cn2cc(Cl)c([N+](=O)[O-])n2)c(C)c1[N+](=O)[O-]. The Kier molecular flexibility index (Phi) is 3.85. The molecule has 0 saturated carbocycles. The third kappa shape index (κ3) is 2.82. The fraction of sp³-hybridized carbons (Fsp3) is 0.273. The van der Waals surface area contributed by atoms with E-state index in [2.05, 4.69) is 10.1 Å². The molecule has 0 bridgehead atoms. The second-order valence-corrected chi connectivity index (χ2v) is 4.78. The Balaban J connectivity index is 2.41. The Morgan fingerprint density at radius 3 is 2.48 bits per heavy atom. The highest BCUT2D eigenvalue weighted by Gasteiger charge is 2.22. The van der Waals surface area contributed by atoms with Gasteiger partial charge < -0.3 is 10.1 Å². The van der Waals surface area contributed by atoms with E-state index in [9.17, 15) is 20.2 Å². The molecule has 2 heterocycles. The van der Waals surface area contributed by atoms with Crippen LogP contribution in [0.15, 0.2) is 12.4 Å². The van der Waals surface area contributed by atoms with Crippen molar-refractivity contribution in [1.82, 2.24) is 14.8 Å². The van der Waals surface area contributed by atoms with Crippen molar-refractivity contribution in [3.63, 3.8) is 0 Å². The molecule has 0 atom stereocenters. The lowest BCUT2D eigenvalue weighted by molar-refractivity contribution is -0.389. The average molecular weight is 312 g/mol. The van der Waals surface area contributed by atoms with E-state index in [0.29, 0.717) is 16.8 Å². The summed E-state index contributed by atoms with van der Waals surface area (Å²) in [6.45, 7) is 3.23. The Morgan fingerprint density at radius 2 is 1.95 bits per heavy atom. The van der Waals surface area contributed by atoms with Gasteiger partial charge in [0, 0.05) is 11.8 Å². The van der Waals surface area contributed by atoms with Gasteiger partial charge in [-0.25, -0.2) is 0 Å². The molecule has 0 N–H and O–H groups in total. The normalized spacial score (nSPS) is 10.6. The third-order valence-electron chi connectivity index (χ3n) is 2.94. The summed E-state index contributed by atoms with van der Waals surface area (Å²) in [6.07, 6.45) is 2.67. The van der Waals surface area contributed by atoms with Crippen LogP contribution >= 0.6 is 11.6 Å². The Labute approximate surface area is 123 Å². The predicted octanol–water partition coefficient (Wildman–Crippen LogP) is 2.41. The number of rotatable bonds is 4. The average Bonchev–Trinajstić information content (AvgIpc) is 2.74. The van der Waals surface area contributed by atoms with E-state index >= 15 is 0 Å². The van der Waals surface area contributed by atoms with Crippen LogP contribution in [0, 0.1) is 34.1 Å². The smallest absolute Gasteiger partial charge is 0.358 e. The number of pyridine rings is 1. The number of aryl methyl sites for hydroxylation is 1. The summed E-state index contributed by atoms with van der Waals surface area (Å²) in [5.74, 6) is -0.462. The number of aromatic nitrogens is 3. The van der Waals surface area contributed by atoms with Crippen LogP contribution in [0.4, 0.5) is 11.5 Å². The van der Waals surface area contributed by atoms with Crippen molar-refractivity contribution in [2.24, 2.45) is 0 Å². The molecule has 10 heteroatoms. The number of nitro groups is 2. The molecule has 2 aromatic heterocycles. The van der Waals surface area contributed by atoms with E-state index in [-0.39, 0.29) is 17.3 Å². The molecule has 110 valence electrons. The number of nitrogens with zero attached hydrogens (tertiary/aromatic N) is 5. The molecule has 0 aliphatic carbocycles. The lowest BCUT2D eigenvalue weighted by Crippen LogP contribution is -2.08. The topological polar surface area (TPSA) is 117 Å². The third-order valence-corrected chi connectivity index (χ3v) is 3.21. The molecule has 0 aliphatic heterocycles. The summed E-state index contributed by atoms with van der Waals surface area (Å²) < 4.78 is 1.23. The van der Waals surface area contributed by atoms with Crippen molar-refractivity contribution in [1.29, 1.82) is 0 Å². The zero-order valence-corrected chi connectivity index (χ0v) is 11.9. The molecule has 2 rings (SSSR count). The van der Waals surface area contributed by atoms with E-state index in [1.807, 2.05) is 0 Å². The summed E-state index contributed by atoms with van der Waals surface area (Å²) in [4.78, 5) is 24.7. The first-order chi connectivity index (χ1) is 9.81. The molecular formula is C11H10ClN5O4. The van der Waals surface area contributed by atoms with Crippen LogP contribution in [0.2, 0.25) is 5.02 Å². The van der Waals surface area contributed by atoms with E-state index in [1.54, 1.807) is 13.8 Å². The summed E-state index contributed by atoms with van der Waals surface area (Å²) in [5.41, 5.74) is 1.23. The van der Waals surface area contributed by atoms with E-state index in [0.717, 1.165) is 0 Å². The van der Waals surface area contributed by atoms with Crippen molar-refractivity contribution in [3.8, 4) is 0 Å². The lowest BCUT2D eigenvalue weighted by Gasteiger charge is -2.05. The predicted molar refractivity (Wildman–Crippen MR) is 73.4 cm³/mol. The van der Waals surface area contributed by atoms with Crippen LogP contribution in [0.5, 0.6) is 0 Å². The molecule has 0 aromatic carbocycles. The van der Waals surface area contributed by atoms with Crippen molar-refractivity contribution in [3.05, 3.63) is 54.5 Å². The molecule has 9 nitrogen and oxygen atoms in total. The highest BCUT2D eigenvalue weighted by Crippen LogP contribution is 2.26. The minimum atomic E-state index is -0.698. The highest BCUT2D eigenvalue weighted by molar-refractivity contribution is 6.32. The molecular weight excluding hydrogens is 302 g/mol. The number of halogens is 1. The van der Waals surface area contributed by atoms with Crippen molar-refractivity contribution >= 4 is 23.1 Å².